The predicted octanol–water partition coefficient (Wildman–Crippen LogP) is 8.74. The van der Waals surface area contributed by atoms with Crippen LogP contribution in [0.25, 0.3) is 0 Å². The van der Waals surface area contributed by atoms with Crippen molar-refractivity contribution in [2.24, 2.45) is 50.2 Å². The van der Waals surface area contributed by atoms with Crippen molar-refractivity contribution in [2.75, 3.05) is 0 Å². The Morgan fingerprint density at radius 3 is 2.06 bits per heavy atom. The third kappa shape index (κ3) is 3.28. The van der Waals surface area contributed by atoms with E-state index in [1.807, 2.05) is 5.57 Å². The zero-order chi connectivity index (χ0) is 24.9. The zero-order valence-electron chi connectivity index (χ0n) is 23.8. The highest BCUT2D eigenvalue weighted by molar-refractivity contribution is 5.66. The van der Waals surface area contributed by atoms with Crippen molar-refractivity contribution in [3.05, 3.63) is 11.6 Å². The van der Waals surface area contributed by atoms with E-state index in [0.717, 1.165) is 18.3 Å². The fraction of sp³-hybridized carbons (Fsp3) is 0.906. The van der Waals surface area contributed by atoms with Crippen molar-refractivity contribution in [1.82, 2.24) is 0 Å². The Kier molecular flexibility index (Phi) is 5.40. The molecule has 2 nitrogen and oxygen atoms in total. The molecule has 0 unspecified atom stereocenters. The Hall–Kier alpha value is -0.790. The number of carbonyl (C=O) groups is 1. The molecule has 0 bridgehead atoms. The Bertz CT molecular complexity index is 897. The van der Waals surface area contributed by atoms with Crippen molar-refractivity contribution in [3.8, 4) is 0 Å². The minimum Gasteiger partial charge on any atom is -0.462 e. The van der Waals surface area contributed by atoms with Crippen LogP contribution in [0.2, 0.25) is 0 Å². The summed E-state index contributed by atoms with van der Waals surface area (Å²) >= 11 is 0. The van der Waals surface area contributed by atoms with Crippen LogP contribution in [0.15, 0.2) is 11.6 Å². The SMILES string of the molecule is CC(=O)O[C@H]1CC[C@@]2(C)[C@H](CC[C@@]3(C)C4=CC[C@@]5(C)CCC(C)(C)C[C@@H]5[C@]4(C)CC[C@H]23)C1(C)C. The number of ether oxygens (including phenoxy) is 1. The first-order valence-corrected chi connectivity index (χ1v) is 14.5. The van der Waals surface area contributed by atoms with Gasteiger partial charge in [0.25, 0.3) is 0 Å². The fourth-order valence-corrected chi connectivity index (χ4v) is 11.2. The van der Waals surface area contributed by atoms with Gasteiger partial charge < -0.3 is 4.74 Å². The molecule has 5 aliphatic rings. The maximum Gasteiger partial charge on any atom is 0.302 e. The molecule has 0 heterocycles. The Morgan fingerprint density at radius 1 is 0.794 bits per heavy atom. The monoisotopic (exact) mass is 468 g/mol. The van der Waals surface area contributed by atoms with E-state index in [2.05, 4.69) is 61.5 Å². The number of rotatable bonds is 1. The first kappa shape index (κ1) is 24.9. The maximum atomic E-state index is 11.9. The molecule has 5 aliphatic carbocycles. The van der Waals surface area contributed by atoms with E-state index in [-0.39, 0.29) is 17.5 Å². The molecule has 0 aromatic rings. The highest BCUT2D eigenvalue weighted by Gasteiger charge is 2.67. The topological polar surface area (TPSA) is 26.3 Å². The molecule has 192 valence electrons. The largest absolute Gasteiger partial charge is 0.462 e. The minimum atomic E-state index is -0.110. The zero-order valence-corrected chi connectivity index (χ0v) is 23.8. The molecule has 4 fully saturated rings. The van der Waals surface area contributed by atoms with Gasteiger partial charge in [-0.2, -0.15) is 0 Å². The van der Waals surface area contributed by atoms with Gasteiger partial charge in [0.05, 0.1) is 0 Å². The lowest BCUT2D eigenvalue weighted by Crippen LogP contribution is -2.63. The van der Waals surface area contributed by atoms with Crippen LogP contribution in [0.3, 0.4) is 0 Å². The van der Waals surface area contributed by atoms with Crippen molar-refractivity contribution >= 4 is 5.97 Å². The molecular formula is C32H52O2. The lowest BCUT2D eigenvalue weighted by molar-refractivity contribution is -0.198. The standard InChI is InChI=1S/C32H52O2/c1-21(33)34-26-13-17-30(7)22(28(26,4)5)11-15-31(8)23-10-14-29(6)19-18-27(2,3)20-25(29)32(23,9)16-12-24(30)31/h10,22,24-26H,11-20H2,1-9H3/t22-,24-,25+,26+,29+,30+,31+,32-/m1/s1. The Balaban J connectivity index is 1.51. The molecule has 2 heteroatoms. The molecule has 5 rings (SSSR count). The lowest BCUT2D eigenvalue weighted by atomic mass is 9.34. The summed E-state index contributed by atoms with van der Waals surface area (Å²) in [6.45, 7) is 22.0. The van der Waals surface area contributed by atoms with Gasteiger partial charge in [0, 0.05) is 12.3 Å². The molecule has 0 aliphatic heterocycles. The summed E-state index contributed by atoms with van der Waals surface area (Å²) in [4.78, 5) is 11.9. The highest BCUT2D eigenvalue weighted by atomic mass is 16.5. The number of esters is 1. The summed E-state index contributed by atoms with van der Waals surface area (Å²) in [7, 11) is 0. The summed E-state index contributed by atoms with van der Waals surface area (Å²) in [6.07, 6.45) is 15.9. The Morgan fingerprint density at radius 2 is 1.41 bits per heavy atom. The van der Waals surface area contributed by atoms with Crippen LogP contribution in [0, 0.1) is 50.2 Å². The van der Waals surface area contributed by atoms with E-state index >= 15 is 0 Å². The van der Waals surface area contributed by atoms with E-state index in [9.17, 15) is 4.79 Å². The van der Waals surface area contributed by atoms with Crippen LogP contribution >= 0.6 is 0 Å². The molecule has 0 spiro atoms. The molecule has 0 N–H and O–H groups in total. The first-order chi connectivity index (χ1) is 15.6. The van der Waals surface area contributed by atoms with E-state index in [1.54, 1.807) is 6.92 Å². The summed E-state index contributed by atoms with van der Waals surface area (Å²) in [5.41, 5.74) is 3.90. The van der Waals surface area contributed by atoms with Gasteiger partial charge in [-0.3, -0.25) is 4.79 Å². The third-order valence-electron chi connectivity index (χ3n) is 13.0. The third-order valence-corrected chi connectivity index (χ3v) is 13.0. The molecule has 8 atom stereocenters. The number of allylic oxidation sites excluding steroid dienone is 2. The number of hydrogen-bond acceptors (Lipinski definition) is 2. The molecule has 0 aromatic heterocycles. The van der Waals surface area contributed by atoms with Crippen LogP contribution in [0.5, 0.6) is 0 Å². The van der Waals surface area contributed by atoms with Gasteiger partial charge in [-0.1, -0.05) is 67.0 Å². The molecular weight excluding hydrogens is 416 g/mol. The van der Waals surface area contributed by atoms with Crippen LogP contribution in [0.4, 0.5) is 0 Å². The van der Waals surface area contributed by atoms with Gasteiger partial charge in [0.15, 0.2) is 0 Å². The van der Waals surface area contributed by atoms with Crippen LogP contribution < -0.4 is 0 Å². The summed E-state index contributed by atoms with van der Waals surface area (Å²) < 4.78 is 5.90. The van der Waals surface area contributed by atoms with Crippen LogP contribution in [0.1, 0.15) is 127 Å². The van der Waals surface area contributed by atoms with Gasteiger partial charge >= 0.3 is 5.97 Å². The number of carbonyl (C=O) groups excluding carboxylic acids is 1. The molecule has 0 saturated heterocycles. The van der Waals surface area contributed by atoms with Gasteiger partial charge in [-0.25, -0.2) is 0 Å². The first-order valence-electron chi connectivity index (χ1n) is 14.5. The second kappa shape index (κ2) is 7.38. The number of hydrogen-bond donors (Lipinski definition) is 0. The van der Waals surface area contributed by atoms with Gasteiger partial charge in [0.1, 0.15) is 6.10 Å². The molecule has 4 saturated carbocycles. The summed E-state index contributed by atoms with van der Waals surface area (Å²) in [5, 5.41) is 0. The van der Waals surface area contributed by atoms with Crippen LogP contribution in [-0.4, -0.2) is 12.1 Å². The lowest BCUT2D eigenvalue weighted by Gasteiger charge is -2.70. The predicted molar refractivity (Wildman–Crippen MR) is 140 cm³/mol. The van der Waals surface area contributed by atoms with Gasteiger partial charge in [-0.05, 0) is 109 Å². The smallest absolute Gasteiger partial charge is 0.302 e. The average Bonchev–Trinajstić information content (AvgIpc) is 2.70. The van der Waals surface area contributed by atoms with Crippen molar-refractivity contribution in [1.29, 1.82) is 0 Å². The number of fused-ring (bicyclic) bond motifs is 7. The van der Waals surface area contributed by atoms with E-state index in [1.165, 1.54) is 57.8 Å². The second-order valence-electron chi connectivity index (χ2n) is 15.9. The van der Waals surface area contributed by atoms with Crippen molar-refractivity contribution in [3.63, 3.8) is 0 Å². The average molecular weight is 469 g/mol. The molecule has 34 heavy (non-hydrogen) atoms. The van der Waals surface area contributed by atoms with Gasteiger partial charge in [0.2, 0.25) is 0 Å². The molecule has 0 amide bonds. The quantitative estimate of drug-likeness (QED) is 0.284. The van der Waals surface area contributed by atoms with E-state index in [4.69, 9.17) is 4.74 Å². The van der Waals surface area contributed by atoms with E-state index < -0.39 is 0 Å². The van der Waals surface area contributed by atoms with Crippen molar-refractivity contribution in [2.45, 2.75) is 133 Å². The maximum absolute atomic E-state index is 11.9. The Labute approximate surface area is 210 Å². The summed E-state index contributed by atoms with van der Waals surface area (Å²) in [5.74, 6) is 2.09. The van der Waals surface area contributed by atoms with Crippen LogP contribution in [-0.2, 0) is 9.53 Å². The molecule has 0 radical (unpaired) electrons. The molecule has 0 aromatic carbocycles. The normalized spacial score (nSPS) is 51.1. The van der Waals surface area contributed by atoms with Crippen molar-refractivity contribution < 1.29 is 9.53 Å². The van der Waals surface area contributed by atoms with E-state index in [0.29, 0.717) is 33.0 Å². The highest BCUT2D eigenvalue weighted by Crippen LogP contribution is 2.75. The summed E-state index contributed by atoms with van der Waals surface area (Å²) in [6, 6.07) is 0. The fourth-order valence-electron chi connectivity index (χ4n) is 11.2. The minimum absolute atomic E-state index is 0.0493. The second-order valence-corrected chi connectivity index (χ2v) is 15.9. The van der Waals surface area contributed by atoms with Gasteiger partial charge in [-0.15, -0.1) is 0 Å².